The van der Waals surface area contributed by atoms with Crippen molar-refractivity contribution in [1.82, 2.24) is 15.2 Å². The third-order valence-corrected chi connectivity index (χ3v) is 5.62. The van der Waals surface area contributed by atoms with Crippen LogP contribution < -0.4 is 11.2 Å². The van der Waals surface area contributed by atoms with Crippen molar-refractivity contribution in [1.29, 1.82) is 0 Å². The van der Waals surface area contributed by atoms with Gasteiger partial charge in [0.1, 0.15) is 12.7 Å². The highest BCUT2D eigenvalue weighted by Crippen LogP contribution is 2.32. The summed E-state index contributed by atoms with van der Waals surface area (Å²) in [7, 11) is 0. The molecule has 1 aliphatic carbocycles. The van der Waals surface area contributed by atoms with Gasteiger partial charge in [0.15, 0.2) is 0 Å². The molecule has 2 unspecified atom stereocenters. The van der Waals surface area contributed by atoms with Gasteiger partial charge in [-0.1, -0.05) is 36.4 Å². The summed E-state index contributed by atoms with van der Waals surface area (Å²) in [5.74, 6) is 5.40. The minimum atomic E-state index is -0.390. The Labute approximate surface area is 188 Å². The SMILES string of the molecule is CCCN(CCC)C(=O)C1=CC2=CC=C(c3cncc(CN=O)c3)CC2NC(N=NN)C1. The van der Waals surface area contributed by atoms with Crippen molar-refractivity contribution in [3.05, 3.63) is 63.9 Å². The van der Waals surface area contributed by atoms with Gasteiger partial charge in [0.2, 0.25) is 5.91 Å². The van der Waals surface area contributed by atoms with E-state index in [1.54, 1.807) is 12.4 Å². The Balaban J connectivity index is 1.93. The molecule has 170 valence electrons. The van der Waals surface area contributed by atoms with Crippen molar-refractivity contribution >= 4 is 11.5 Å². The van der Waals surface area contributed by atoms with Gasteiger partial charge >= 0.3 is 0 Å². The van der Waals surface area contributed by atoms with E-state index in [1.165, 1.54) is 0 Å². The molecule has 0 saturated carbocycles. The molecule has 0 radical (unpaired) electrons. The number of carbonyl (C=O) groups excluding carboxylic acids is 1. The number of carbonyl (C=O) groups is 1. The molecule has 1 aromatic heterocycles. The smallest absolute Gasteiger partial charge is 0.249 e. The lowest BCUT2D eigenvalue weighted by Crippen LogP contribution is -2.39. The topological polar surface area (TPSA) is 125 Å². The first kappa shape index (κ1) is 23.5. The van der Waals surface area contributed by atoms with E-state index in [1.807, 2.05) is 29.2 Å². The van der Waals surface area contributed by atoms with Crippen molar-refractivity contribution in [2.45, 2.75) is 58.3 Å². The minimum absolute atomic E-state index is 0.0438. The number of aromatic nitrogens is 1. The van der Waals surface area contributed by atoms with Crippen LogP contribution in [0.25, 0.3) is 5.57 Å². The molecule has 0 bridgehead atoms. The maximum atomic E-state index is 13.3. The minimum Gasteiger partial charge on any atom is -0.339 e. The summed E-state index contributed by atoms with van der Waals surface area (Å²) in [6.07, 6.45) is 12.0. The first-order valence-electron chi connectivity index (χ1n) is 11.1. The van der Waals surface area contributed by atoms with Crippen LogP contribution >= 0.6 is 0 Å². The second-order valence-electron chi connectivity index (χ2n) is 8.06. The molecule has 2 atom stereocenters. The molecule has 2 heterocycles. The summed E-state index contributed by atoms with van der Waals surface area (Å²) >= 11 is 0. The molecular weight excluding hydrogens is 406 g/mol. The van der Waals surface area contributed by atoms with E-state index in [2.05, 4.69) is 39.7 Å². The third kappa shape index (κ3) is 5.73. The monoisotopic (exact) mass is 437 g/mol. The molecular formula is C23H31N7O2. The van der Waals surface area contributed by atoms with Crippen molar-refractivity contribution < 1.29 is 4.79 Å². The van der Waals surface area contributed by atoms with Crippen molar-refractivity contribution in [2.24, 2.45) is 21.4 Å². The number of rotatable bonds is 9. The first-order chi connectivity index (χ1) is 15.6. The summed E-state index contributed by atoms with van der Waals surface area (Å²) in [5, 5.41) is 14.1. The molecule has 9 heteroatoms. The normalized spacial score (nSPS) is 20.6. The zero-order valence-corrected chi connectivity index (χ0v) is 18.7. The van der Waals surface area contributed by atoms with Crippen LogP contribution in [0.2, 0.25) is 0 Å². The molecule has 32 heavy (non-hydrogen) atoms. The second-order valence-corrected chi connectivity index (χ2v) is 8.06. The van der Waals surface area contributed by atoms with Crippen LogP contribution in [0.5, 0.6) is 0 Å². The van der Waals surface area contributed by atoms with Crippen molar-refractivity contribution in [2.75, 3.05) is 13.1 Å². The molecule has 1 amide bonds. The van der Waals surface area contributed by atoms with E-state index in [4.69, 9.17) is 5.84 Å². The Morgan fingerprint density at radius 1 is 1.22 bits per heavy atom. The van der Waals surface area contributed by atoms with Gasteiger partial charge in [-0.25, -0.2) is 0 Å². The highest BCUT2D eigenvalue weighted by molar-refractivity contribution is 5.94. The number of allylic oxidation sites excluding steroid dienone is 2. The lowest BCUT2D eigenvalue weighted by atomic mass is 9.89. The molecule has 0 spiro atoms. The van der Waals surface area contributed by atoms with Gasteiger partial charge < -0.3 is 10.7 Å². The Hall–Kier alpha value is -3.20. The van der Waals surface area contributed by atoms with Crippen molar-refractivity contribution in [3.63, 3.8) is 0 Å². The summed E-state index contributed by atoms with van der Waals surface area (Å²) < 4.78 is 0. The number of nitroso groups, excluding NO2 is 1. The average Bonchev–Trinajstić information content (AvgIpc) is 2.97. The van der Waals surface area contributed by atoms with E-state index >= 15 is 0 Å². The van der Waals surface area contributed by atoms with Gasteiger partial charge in [-0.15, -0.1) is 0 Å². The number of nitrogens with one attached hydrogen (secondary N) is 1. The Morgan fingerprint density at radius 2 is 2.00 bits per heavy atom. The van der Waals surface area contributed by atoms with E-state index in [0.717, 1.165) is 48.2 Å². The second kappa shape index (κ2) is 11.4. The van der Waals surface area contributed by atoms with Gasteiger partial charge in [0, 0.05) is 43.5 Å². The van der Waals surface area contributed by atoms with Crippen molar-refractivity contribution in [3.8, 4) is 0 Å². The first-order valence-corrected chi connectivity index (χ1v) is 11.1. The van der Waals surface area contributed by atoms with E-state index in [-0.39, 0.29) is 24.7 Å². The predicted molar refractivity (Wildman–Crippen MR) is 124 cm³/mol. The number of nitrogens with zero attached hydrogens (tertiary/aromatic N) is 5. The third-order valence-electron chi connectivity index (χ3n) is 5.62. The summed E-state index contributed by atoms with van der Waals surface area (Å²) in [6, 6.07) is 1.89. The van der Waals surface area contributed by atoms with Crippen LogP contribution in [-0.4, -0.2) is 41.1 Å². The number of hydrogen-bond acceptors (Lipinski definition) is 7. The quantitative estimate of drug-likeness (QED) is 0.264. The average molecular weight is 438 g/mol. The Kier molecular flexibility index (Phi) is 8.38. The van der Waals surface area contributed by atoms with Gasteiger partial charge in [0.05, 0.1) is 0 Å². The molecule has 2 aliphatic rings. The highest BCUT2D eigenvalue weighted by Gasteiger charge is 2.30. The molecule has 9 nitrogen and oxygen atoms in total. The molecule has 3 N–H and O–H groups in total. The van der Waals surface area contributed by atoms with E-state index < -0.39 is 0 Å². The van der Waals surface area contributed by atoms with Gasteiger partial charge in [0.25, 0.3) is 0 Å². The van der Waals surface area contributed by atoms with E-state index in [0.29, 0.717) is 18.4 Å². The molecule has 1 aromatic rings. The van der Waals surface area contributed by atoms with Gasteiger partial charge in [-0.2, -0.15) is 10.0 Å². The molecule has 1 aliphatic heterocycles. The van der Waals surface area contributed by atoms with Crippen LogP contribution in [0.15, 0.2) is 63.3 Å². The maximum absolute atomic E-state index is 13.3. The Morgan fingerprint density at radius 3 is 2.69 bits per heavy atom. The van der Waals surface area contributed by atoms with Gasteiger partial charge in [-0.05, 0) is 53.7 Å². The number of nitrogens with two attached hydrogens (primary N) is 1. The predicted octanol–water partition coefficient (Wildman–Crippen LogP) is 3.65. The number of fused-ring (bicyclic) bond motifs is 1. The highest BCUT2D eigenvalue weighted by atomic mass is 16.3. The fourth-order valence-electron chi connectivity index (χ4n) is 4.18. The molecule has 0 fully saturated rings. The lowest BCUT2D eigenvalue weighted by Gasteiger charge is -2.25. The summed E-state index contributed by atoms with van der Waals surface area (Å²) in [4.78, 5) is 30.1. The number of pyridine rings is 1. The number of hydrogen-bond donors (Lipinski definition) is 2. The largest absolute Gasteiger partial charge is 0.339 e. The maximum Gasteiger partial charge on any atom is 0.249 e. The fraction of sp³-hybridized carbons (Fsp3) is 0.478. The summed E-state index contributed by atoms with van der Waals surface area (Å²) in [6.45, 7) is 5.70. The fourth-order valence-corrected chi connectivity index (χ4v) is 4.18. The van der Waals surface area contributed by atoms with Crippen LogP contribution in [-0.2, 0) is 11.3 Å². The molecule has 0 saturated heterocycles. The van der Waals surface area contributed by atoms with Crippen LogP contribution in [0, 0.1) is 4.91 Å². The van der Waals surface area contributed by atoms with Gasteiger partial charge in [-0.3, -0.25) is 15.1 Å². The molecule has 3 rings (SSSR count). The van der Waals surface area contributed by atoms with E-state index in [9.17, 15) is 9.70 Å². The number of amides is 1. The lowest BCUT2D eigenvalue weighted by molar-refractivity contribution is -0.127. The zero-order chi connectivity index (χ0) is 22.9. The summed E-state index contributed by atoms with van der Waals surface area (Å²) in [5.41, 5.74) is 4.54. The van der Waals surface area contributed by atoms with Crippen LogP contribution in [0.1, 0.15) is 50.7 Å². The van der Waals surface area contributed by atoms with Crippen LogP contribution in [0.3, 0.4) is 0 Å². The molecule has 0 aromatic carbocycles. The van der Waals surface area contributed by atoms with Crippen LogP contribution in [0.4, 0.5) is 0 Å². The zero-order valence-electron chi connectivity index (χ0n) is 18.7. The standard InChI is InChI=1S/C23H31N7O2/c1-3-7-30(8-4-2)23(31)19-10-18-6-5-17(11-21(18)27-22(12-19)28-29-24)20-9-16(14-26-32)13-25-15-20/h5-6,9-10,13,15,21-22,27H,3-4,7-8,11-12,14H2,1-2H3,(H2,24,28). The Bertz CT molecular complexity index is 945.